The molecule has 76 valence electrons. The van der Waals surface area contributed by atoms with Crippen LogP contribution in [0.25, 0.3) is 0 Å². The van der Waals surface area contributed by atoms with E-state index in [4.69, 9.17) is 4.74 Å². The molecule has 1 N–H and O–H groups in total. The van der Waals surface area contributed by atoms with E-state index in [2.05, 4.69) is 10.4 Å². The van der Waals surface area contributed by atoms with Crippen molar-refractivity contribution in [2.24, 2.45) is 7.05 Å². The number of nitrogens with one attached hydrogen (secondary N) is 1. The van der Waals surface area contributed by atoms with E-state index in [1.54, 1.807) is 4.68 Å². The van der Waals surface area contributed by atoms with Crippen LogP contribution in [-0.4, -0.2) is 22.4 Å². The number of alkyl carbamates (subject to hydrolysis) is 1. The molecule has 1 aromatic heterocycles. The third kappa shape index (κ3) is 1.25. The monoisotopic (exact) mass is 195 g/mol. The average Bonchev–Trinajstić information content (AvgIpc) is 2.60. The van der Waals surface area contributed by atoms with E-state index in [0.717, 1.165) is 17.0 Å². The maximum absolute atomic E-state index is 10.9. The number of cyclic esters (lactones) is 1. The zero-order valence-corrected chi connectivity index (χ0v) is 8.50. The fourth-order valence-electron chi connectivity index (χ4n) is 1.81. The Morgan fingerprint density at radius 3 is 2.71 bits per heavy atom. The largest absolute Gasteiger partial charge is 0.439 e. The molecule has 2 heterocycles. The Kier molecular flexibility index (Phi) is 1.94. The van der Waals surface area contributed by atoms with Crippen molar-refractivity contribution in [1.82, 2.24) is 15.1 Å². The molecule has 1 atom stereocenters. The Hall–Kier alpha value is -1.52. The normalized spacial score (nSPS) is 20.8. The summed E-state index contributed by atoms with van der Waals surface area (Å²) >= 11 is 0. The number of amides is 1. The highest BCUT2D eigenvalue weighted by Gasteiger charge is 2.28. The number of hydrogen-bond acceptors (Lipinski definition) is 3. The number of ether oxygens (including phenoxy) is 1. The first-order valence-corrected chi connectivity index (χ1v) is 4.54. The molecule has 14 heavy (non-hydrogen) atoms. The van der Waals surface area contributed by atoms with Crippen LogP contribution in [0.5, 0.6) is 0 Å². The molecule has 1 aliphatic heterocycles. The van der Waals surface area contributed by atoms with Gasteiger partial charge in [-0.25, -0.2) is 4.79 Å². The smallest absolute Gasteiger partial charge is 0.407 e. The Morgan fingerprint density at radius 2 is 2.29 bits per heavy atom. The fourth-order valence-corrected chi connectivity index (χ4v) is 1.81. The summed E-state index contributed by atoms with van der Waals surface area (Å²) in [7, 11) is 1.88. The third-order valence-electron chi connectivity index (χ3n) is 2.57. The van der Waals surface area contributed by atoms with Gasteiger partial charge in [0, 0.05) is 18.3 Å². The second kappa shape index (κ2) is 3.01. The van der Waals surface area contributed by atoms with Crippen LogP contribution >= 0.6 is 0 Å². The first-order chi connectivity index (χ1) is 6.59. The minimum atomic E-state index is -0.349. The van der Waals surface area contributed by atoms with Gasteiger partial charge in [-0.05, 0) is 13.8 Å². The summed E-state index contributed by atoms with van der Waals surface area (Å²) in [6.07, 6.45) is -0.533. The molecule has 0 radical (unpaired) electrons. The van der Waals surface area contributed by atoms with Crippen LogP contribution in [0.2, 0.25) is 0 Å². The van der Waals surface area contributed by atoms with E-state index in [0.29, 0.717) is 6.54 Å². The lowest BCUT2D eigenvalue weighted by atomic mass is 10.1. The van der Waals surface area contributed by atoms with Gasteiger partial charge in [0.2, 0.25) is 0 Å². The number of hydrogen-bond donors (Lipinski definition) is 1. The molecular weight excluding hydrogens is 182 g/mol. The molecule has 0 aromatic carbocycles. The number of aryl methyl sites for hydroxylation is 2. The fraction of sp³-hybridized carbons (Fsp3) is 0.556. The maximum atomic E-state index is 10.9. The number of nitrogens with zero attached hydrogens (tertiary/aromatic N) is 2. The highest BCUT2D eigenvalue weighted by molar-refractivity contribution is 5.69. The first-order valence-electron chi connectivity index (χ1n) is 4.54. The standard InChI is InChI=1S/C9H13N3O2/c1-5-8(6(2)12(3)11-5)7-4-10-9(13)14-7/h7H,4H2,1-3H3,(H,10,13). The second-order valence-corrected chi connectivity index (χ2v) is 3.48. The van der Waals surface area contributed by atoms with Gasteiger partial charge in [-0.3, -0.25) is 4.68 Å². The van der Waals surface area contributed by atoms with Gasteiger partial charge in [0.1, 0.15) is 6.10 Å². The van der Waals surface area contributed by atoms with E-state index < -0.39 is 0 Å². The third-order valence-corrected chi connectivity index (χ3v) is 2.57. The van der Waals surface area contributed by atoms with Crippen LogP contribution in [0.3, 0.4) is 0 Å². The number of carbonyl (C=O) groups is 1. The molecule has 1 fully saturated rings. The van der Waals surface area contributed by atoms with Crippen molar-refractivity contribution in [2.75, 3.05) is 6.54 Å². The molecule has 5 nitrogen and oxygen atoms in total. The first kappa shape index (κ1) is 9.05. The van der Waals surface area contributed by atoms with Gasteiger partial charge in [0.05, 0.1) is 12.2 Å². The summed E-state index contributed by atoms with van der Waals surface area (Å²) in [6.45, 7) is 4.43. The Bertz CT molecular complexity index is 384. The zero-order valence-electron chi connectivity index (χ0n) is 8.50. The highest BCUT2D eigenvalue weighted by Crippen LogP contribution is 2.26. The van der Waals surface area contributed by atoms with Gasteiger partial charge in [-0.1, -0.05) is 0 Å². The van der Waals surface area contributed by atoms with Crippen LogP contribution in [0.4, 0.5) is 4.79 Å². The molecule has 2 rings (SSSR count). The lowest BCUT2D eigenvalue weighted by Crippen LogP contribution is -2.12. The summed E-state index contributed by atoms with van der Waals surface area (Å²) in [6, 6.07) is 0. The van der Waals surface area contributed by atoms with Crippen molar-refractivity contribution < 1.29 is 9.53 Å². The van der Waals surface area contributed by atoms with Crippen LogP contribution in [0, 0.1) is 13.8 Å². The van der Waals surface area contributed by atoms with Gasteiger partial charge in [-0.15, -0.1) is 0 Å². The maximum Gasteiger partial charge on any atom is 0.407 e. The number of carbonyl (C=O) groups excluding carboxylic acids is 1. The molecule has 0 spiro atoms. The lowest BCUT2D eigenvalue weighted by molar-refractivity contribution is 0.140. The van der Waals surface area contributed by atoms with Gasteiger partial charge in [0.15, 0.2) is 0 Å². The topological polar surface area (TPSA) is 56.2 Å². The van der Waals surface area contributed by atoms with Crippen molar-refractivity contribution in [2.45, 2.75) is 20.0 Å². The number of rotatable bonds is 1. The van der Waals surface area contributed by atoms with Gasteiger partial charge in [0.25, 0.3) is 0 Å². The molecule has 0 bridgehead atoms. The highest BCUT2D eigenvalue weighted by atomic mass is 16.6. The average molecular weight is 195 g/mol. The number of aromatic nitrogens is 2. The van der Waals surface area contributed by atoms with Crippen molar-refractivity contribution in [3.05, 3.63) is 17.0 Å². The molecule has 1 unspecified atom stereocenters. The Labute approximate surface area is 82.0 Å². The van der Waals surface area contributed by atoms with E-state index in [-0.39, 0.29) is 12.2 Å². The summed E-state index contributed by atoms with van der Waals surface area (Å²) < 4.78 is 6.92. The predicted octanol–water partition coefficient (Wildman–Crippen LogP) is 0.818. The summed E-state index contributed by atoms with van der Waals surface area (Å²) in [5.41, 5.74) is 2.99. The van der Waals surface area contributed by atoms with Crippen LogP contribution in [-0.2, 0) is 11.8 Å². The van der Waals surface area contributed by atoms with Crippen molar-refractivity contribution in [3.63, 3.8) is 0 Å². The van der Waals surface area contributed by atoms with Crippen molar-refractivity contribution >= 4 is 6.09 Å². The lowest BCUT2D eigenvalue weighted by Gasteiger charge is -2.07. The molecule has 1 saturated heterocycles. The molecular formula is C9H13N3O2. The van der Waals surface area contributed by atoms with Crippen molar-refractivity contribution in [3.8, 4) is 0 Å². The molecule has 1 amide bonds. The molecule has 0 aliphatic carbocycles. The van der Waals surface area contributed by atoms with Crippen LogP contribution < -0.4 is 5.32 Å². The Balaban J connectivity index is 2.36. The predicted molar refractivity (Wildman–Crippen MR) is 49.9 cm³/mol. The van der Waals surface area contributed by atoms with Gasteiger partial charge < -0.3 is 10.1 Å². The zero-order chi connectivity index (χ0) is 10.3. The van der Waals surface area contributed by atoms with Gasteiger partial charge >= 0.3 is 6.09 Å². The SMILES string of the molecule is Cc1nn(C)c(C)c1C1CNC(=O)O1. The minimum absolute atomic E-state index is 0.184. The van der Waals surface area contributed by atoms with Crippen molar-refractivity contribution in [1.29, 1.82) is 0 Å². The summed E-state index contributed by atoms with van der Waals surface area (Å²) in [5.74, 6) is 0. The van der Waals surface area contributed by atoms with E-state index in [9.17, 15) is 4.79 Å². The molecule has 1 aliphatic rings. The summed E-state index contributed by atoms with van der Waals surface area (Å²) in [5, 5.41) is 6.91. The van der Waals surface area contributed by atoms with E-state index in [1.165, 1.54) is 0 Å². The molecule has 0 saturated carbocycles. The quantitative estimate of drug-likeness (QED) is 0.721. The van der Waals surface area contributed by atoms with Crippen LogP contribution in [0.15, 0.2) is 0 Å². The molecule has 1 aromatic rings. The van der Waals surface area contributed by atoms with E-state index in [1.807, 2.05) is 20.9 Å². The Morgan fingerprint density at radius 1 is 1.57 bits per heavy atom. The minimum Gasteiger partial charge on any atom is -0.439 e. The summed E-state index contributed by atoms with van der Waals surface area (Å²) in [4.78, 5) is 10.9. The van der Waals surface area contributed by atoms with E-state index >= 15 is 0 Å². The van der Waals surface area contributed by atoms with Gasteiger partial charge in [-0.2, -0.15) is 5.10 Å². The van der Waals surface area contributed by atoms with Crippen LogP contribution in [0.1, 0.15) is 23.1 Å². The second-order valence-electron chi connectivity index (χ2n) is 3.48. The molecule has 5 heteroatoms.